The van der Waals surface area contributed by atoms with E-state index < -0.39 is 0 Å². The van der Waals surface area contributed by atoms with Gasteiger partial charge in [-0.2, -0.15) is 4.98 Å². The van der Waals surface area contributed by atoms with Gasteiger partial charge in [0.05, 0.1) is 12.7 Å². The summed E-state index contributed by atoms with van der Waals surface area (Å²) in [5, 5.41) is 6.92. The standard InChI is InChI=1S/C23H23N5O3/c1-15-19(14-20(28(15)2)16-4-6-18(30-3)7-5-16)22(29)25-13-10-21-26-23(31-27-21)17-8-11-24-12-9-17/h4-9,11-12,14H,10,13H2,1-3H3,(H,25,29). The SMILES string of the molecule is COc1ccc(-c2cc(C(=O)NCCc3noc(-c4ccncc4)n3)c(C)n2C)cc1. The number of methoxy groups -OCH3 is 1. The minimum atomic E-state index is -0.134. The molecular weight excluding hydrogens is 394 g/mol. The number of ether oxygens (including phenoxy) is 1. The van der Waals surface area contributed by atoms with Crippen molar-refractivity contribution < 1.29 is 14.1 Å². The highest BCUT2D eigenvalue weighted by molar-refractivity contribution is 5.97. The Kier molecular flexibility index (Phi) is 5.79. The number of carbonyl (C=O) groups is 1. The van der Waals surface area contributed by atoms with E-state index in [0.717, 1.165) is 28.3 Å². The summed E-state index contributed by atoms with van der Waals surface area (Å²) in [7, 11) is 3.59. The lowest BCUT2D eigenvalue weighted by Crippen LogP contribution is -2.26. The summed E-state index contributed by atoms with van der Waals surface area (Å²) in [6.07, 6.45) is 3.81. The van der Waals surface area contributed by atoms with Crippen LogP contribution in [0.25, 0.3) is 22.7 Å². The zero-order valence-corrected chi connectivity index (χ0v) is 17.6. The van der Waals surface area contributed by atoms with Gasteiger partial charge >= 0.3 is 0 Å². The molecule has 0 aliphatic heterocycles. The Balaban J connectivity index is 1.40. The van der Waals surface area contributed by atoms with Gasteiger partial charge in [0.15, 0.2) is 5.82 Å². The van der Waals surface area contributed by atoms with Crippen molar-refractivity contribution in [3.8, 4) is 28.5 Å². The van der Waals surface area contributed by atoms with Gasteiger partial charge in [0.2, 0.25) is 0 Å². The van der Waals surface area contributed by atoms with Crippen LogP contribution in [0.4, 0.5) is 0 Å². The molecule has 0 aliphatic rings. The molecule has 1 aromatic carbocycles. The molecule has 0 fully saturated rings. The van der Waals surface area contributed by atoms with E-state index in [4.69, 9.17) is 9.26 Å². The second-order valence-electron chi connectivity index (χ2n) is 7.07. The molecule has 4 aromatic rings. The first-order valence-corrected chi connectivity index (χ1v) is 9.88. The molecule has 0 bridgehead atoms. The van der Waals surface area contributed by atoms with Crippen LogP contribution in [-0.4, -0.2) is 39.3 Å². The molecule has 8 heteroatoms. The number of hydrogen-bond donors (Lipinski definition) is 1. The molecule has 3 aromatic heterocycles. The van der Waals surface area contributed by atoms with Crippen molar-refractivity contribution in [3.63, 3.8) is 0 Å². The van der Waals surface area contributed by atoms with Crippen molar-refractivity contribution in [1.29, 1.82) is 0 Å². The maximum Gasteiger partial charge on any atom is 0.258 e. The summed E-state index contributed by atoms with van der Waals surface area (Å²) in [5.74, 6) is 1.63. The van der Waals surface area contributed by atoms with Crippen LogP contribution in [0.3, 0.4) is 0 Å². The number of nitrogens with zero attached hydrogens (tertiary/aromatic N) is 4. The zero-order chi connectivity index (χ0) is 21.8. The van der Waals surface area contributed by atoms with Gasteiger partial charge in [-0.05, 0) is 55.0 Å². The molecule has 158 valence electrons. The van der Waals surface area contributed by atoms with Gasteiger partial charge in [-0.25, -0.2) is 0 Å². The molecule has 0 spiro atoms. The van der Waals surface area contributed by atoms with Crippen molar-refractivity contribution in [2.24, 2.45) is 7.05 Å². The lowest BCUT2D eigenvalue weighted by molar-refractivity contribution is 0.0953. The summed E-state index contributed by atoms with van der Waals surface area (Å²) in [6.45, 7) is 2.34. The molecule has 0 saturated carbocycles. The van der Waals surface area contributed by atoms with Gasteiger partial charge in [0.1, 0.15) is 5.75 Å². The number of rotatable bonds is 7. The van der Waals surface area contributed by atoms with Crippen LogP contribution >= 0.6 is 0 Å². The summed E-state index contributed by atoms with van der Waals surface area (Å²) in [4.78, 5) is 21.1. The summed E-state index contributed by atoms with van der Waals surface area (Å²) >= 11 is 0. The summed E-state index contributed by atoms with van der Waals surface area (Å²) < 4.78 is 12.5. The third-order valence-electron chi connectivity index (χ3n) is 5.20. The van der Waals surface area contributed by atoms with E-state index in [2.05, 4.69) is 20.4 Å². The molecule has 1 amide bonds. The number of amides is 1. The largest absolute Gasteiger partial charge is 0.497 e. The van der Waals surface area contributed by atoms with E-state index in [1.807, 2.05) is 48.9 Å². The summed E-state index contributed by atoms with van der Waals surface area (Å²) in [5.41, 5.74) is 4.32. The van der Waals surface area contributed by atoms with Crippen molar-refractivity contribution in [1.82, 2.24) is 25.0 Å². The van der Waals surface area contributed by atoms with E-state index in [-0.39, 0.29) is 5.91 Å². The monoisotopic (exact) mass is 417 g/mol. The molecule has 0 atom stereocenters. The minimum Gasteiger partial charge on any atom is -0.497 e. The number of aromatic nitrogens is 4. The average molecular weight is 417 g/mol. The Morgan fingerprint density at radius 2 is 1.87 bits per heavy atom. The topological polar surface area (TPSA) is 95.1 Å². The van der Waals surface area contributed by atoms with Crippen LogP contribution in [0.1, 0.15) is 21.9 Å². The van der Waals surface area contributed by atoms with Crippen LogP contribution < -0.4 is 10.1 Å². The fourth-order valence-corrected chi connectivity index (χ4v) is 3.32. The van der Waals surface area contributed by atoms with E-state index in [0.29, 0.717) is 30.2 Å². The predicted molar refractivity (Wildman–Crippen MR) is 116 cm³/mol. The fraction of sp³-hybridized carbons (Fsp3) is 0.217. The van der Waals surface area contributed by atoms with E-state index in [9.17, 15) is 4.79 Å². The molecule has 8 nitrogen and oxygen atoms in total. The molecular formula is C23H23N5O3. The van der Waals surface area contributed by atoms with Gasteiger partial charge in [0, 0.05) is 49.4 Å². The van der Waals surface area contributed by atoms with Crippen molar-refractivity contribution in [3.05, 3.63) is 71.9 Å². The van der Waals surface area contributed by atoms with Gasteiger partial charge < -0.3 is 19.1 Å². The van der Waals surface area contributed by atoms with Crippen LogP contribution in [-0.2, 0) is 13.5 Å². The quantitative estimate of drug-likeness (QED) is 0.495. The third-order valence-corrected chi connectivity index (χ3v) is 5.20. The van der Waals surface area contributed by atoms with Gasteiger partial charge in [-0.15, -0.1) is 0 Å². The predicted octanol–water partition coefficient (Wildman–Crippen LogP) is 3.43. The minimum absolute atomic E-state index is 0.134. The normalized spacial score (nSPS) is 10.8. The Hall–Kier alpha value is -3.94. The number of hydrogen-bond acceptors (Lipinski definition) is 6. The van der Waals surface area contributed by atoms with Crippen LogP contribution in [0.5, 0.6) is 5.75 Å². The van der Waals surface area contributed by atoms with Crippen molar-refractivity contribution >= 4 is 5.91 Å². The second-order valence-corrected chi connectivity index (χ2v) is 7.07. The smallest absolute Gasteiger partial charge is 0.258 e. The third kappa shape index (κ3) is 4.32. The van der Waals surface area contributed by atoms with Gasteiger partial charge in [0.25, 0.3) is 11.8 Å². The molecule has 1 N–H and O–H groups in total. The van der Waals surface area contributed by atoms with Gasteiger partial charge in [-0.1, -0.05) is 5.16 Å². The highest BCUT2D eigenvalue weighted by atomic mass is 16.5. The van der Waals surface area contributed by atoms with Crippen LogP contribution in [0.2, 0.25) is 0 Å². The van der Waals surface area contributed by atoms with Gasteiger partial charge in [-0.3, -0.25) is 9.78 Å². The zero-order valence-electron chi connectivity index (χ0n) is 17.6. The molecule has 31 heavy (non-hydrogen) atoms. The summed E-state index contributed by atoms with van der Waals surface area (Å²) in [6, 6.07) is 13.3. The lowest BCUT2D eigenvalue weighted by Gasteiger charge is -2.06. The number of carbonyl (C=O) groups excluding carboxylic acids is 1. The maximum atomic E-state index is 12.8. The molecule has 0 unspecified atom stereocenters. The fourth-order valence-electron chi connectivity index (χ4n) is 3.32. The Morgan fingerprint density at radius 1 is 1.13 bits per heavy atom. The first kappa shape index (κ1) is 20.3. The second kappa shape index (κ2) is 8.83. The lowest BCUT2D eigenvalue weighted by atomic mass is 10.1. The van der Waals surface area contributed by atoms with E-state index >= 15 is 0 Å². The maximum absolute atomic E-state index is 12.8. The highest BCUT2D eigenvalue weighted by Crippen LogP contribution is 2.26. The Labute approximate surface area is 179 Å². The number of pyridine rings is 1. The van der Waals surface area contributed by atoms with E-state index in [1.54, 1.807) is 31.6 Å². The molecule has 0 saturated heterocycles. The Bertz CT molecular complexity index is 1180. The van der Waals surface area contributed by atoms with E-state index in [1.165, 1.54) is 0 Å². The molecule has 4 rings (SSSR count). The number of nitrogens with one attached hydrogen (secondary N) is 1. The van der Waals surface area contributed by atoms with Crippen molar-refractivity contribution in [2.45, 2.75) is 13.3 Å². The first-order chi connectivity index (χ1) is 15.1. The van der Waals surface area contributed by atoms with Crippen molar-refractivity contribution in [2.75, 3.05) is 13.7 Å². The van der Waals surface area contributed by atoms with Crippen LogP contribution in [0.15, 0.2) is 59.4 Å². The highest BCUT2D eigenvalue weighted by Gasteiger charge is 2.17. The van der Waals surface area contributed by atoms with Crippen LogP contribution in [0, 0.1) is 6.92 Å². The molecule has 0 radical (unpaired) electrons. The Morgan fingerprint density at radius 3 is 2.58 bits per heavy atom. The molecule has 3 heterocycles. The molecule has 0 aliphatic carbocycles. The number of benzene rings is 1. The first-order valence-electron chi connectivity index (χ1n) is 9.88. The average Bonchev–Trinajstić information content (AvgIpc) is 3.39.